The number of rotatable bonds is 12. The van der Waals surface area contributed by atoms with Crippen LogP contribution < -0.4 is 20.3 Å². The van der Waals surface area contributed by atoms with E-state index >= 15 is 0 Å². The number of nitro benzene ring substituents is 1. The molecule has 8 rings (SSSR count). The fraction of sp³-hybridized carbons (Fsp3) is 0.342. The predicted octanol–water partition coefficient (Wildman–Crippen LogP) is 5.01. The van der Waals surface area contributed by atoms with E-state index < -0.39 is 0 Å². The quantitative estimate of drug-likeness (QED) is 0.0918. The Morgan fingerprint density at radius 1 is 0.940 bits per heavy atom. The third kappa shape index (κ3) is 5.84. The van der Waals surface area contributed by atoms with Crippen LogP contribution in [0.25, 0.3) is 21.8 Å². The molecule has 1 saturated heterocycles. The van der Waals surface area contributed by atoms with Crippen molar-refractivity contribution in [2.24, 2.45) is 4.99 Å². The molecule has 0 saturated carbocycles. The van der Waals surface area contributed by atoms with Crippen molar-refractivity contribution in [1.82, 2.24) is 20.1 Å². The van der Waals surface area contributed by atoms with Gasteiger partial charge < -0.3 is 30.1 Å². The normalized spacial score (nSPS) is 20.0. The Hall–Kier alpha value is -5.33. The highest BCUT2D eigenvalue weighted by Crippen LogP contribution is 2.42. The van der Waals surface area contributed by atoms with E-state index in [0.717, 1.165) is 92.2 Å². The zero-order chi connectivity index (χ0) is 34.2. The third-order valence-electron chi connectivity index (χ3n) is 10.3. The molecule has 0 spiro atoms. The number of fused-ring (bicyclic) bond motifs is 4. The summed E-state index contributed by atoms with van der Waals surface area (Å²) in [6.45, 7) is 7.48. The van der Waals surface area contributed by atoms with Gasteiger partial charge in [0.25, 0.3) is 5.69 Å². The summed E-state index contributed by atoms with van der Waals surface area (Å²) in [7, 11) is 1.62. The van der Waals surface area contributed by atoms with Gasteiger partial charge in [-0.1, -0.05) is 30.3 Å². The summed E-state index contributed by atoms with van der Waals surface area (Å²) in [5.41, 5.74) is 5.49. The number of benzene rings is 3. The van der Waals surface area contributed by atoms with E-state index in [2.05, 4.69) is 36.4 Å². The second-order valence-electron chi connectivity index (χ2n) is 13.2. The fourth-order valence-corrected chi connectivity index (χ4v) is 7.73. The van der Waals surface area contributed by atoms with Gasteiger partial charge in [0.2, 0.25) is 0 Å². The van der Waals surface area contributed by atoms with E-state index in [0.29, 0.717) is 28.8 Å². The highest BCUT2D eigenvalue weighted by atomic mass is 16.6. The SMILES string of the molecule is COc1ccc2c(c1)C(=O)C1=C(NCCCN3CCN(CCCNc4c5ccccc5nc5cccc([N+](=O)[O-])c45)CC3)C=CC3N=CN2C13. The Morgan fingerprint density at radius 2 is 1.68 bits per heavy atom. The largest absolute Gasteiger partial charge is 0.497 e. The summed E-state index contributed by atoms with van der Waals surface area (Å²) in [6.07, 6.45) is 7.87. The lowest BCUT2D eigenvalue weighted by molar-refractivity contribution is -0.383. The number of carbonyl (C=O) groups excluding carboxylic acids is 1. The molecule has 2 atom stereocenters. The number of aromatic nitrogens is 1. The number of ketones is 1. The first-order valence-electron chi connectivity index (χ1n) is 17.4. The van der Waals surface area contributed by atoms with E-state index in [1.807, 2.05) is 60.9 Å². The number of ether oxygens (including phenoxy) is 1. The minimum Gasteiger partial charge on any atom is -0.497 e. The van der Waals surface area contributed by atoms with Crippen LogP contribution in [0, 0.1) is 10.1 Å². The summed E-state index contributed by atoms with van der Waals surface area (Å²) in [5.74, 6) is 0.708. The molecule has 256 valence electrons. The molecule has 50 heavy (non-hydrogen) atoms. The van der Waals surface area contributed by atoms with Gasteiger partial charge in [-0.25, -0.2) is 4.98 Å². The van der Waals surface area contributed by atoms with Gasteiger partial charge >= 0.3 is 0 Å². The van der Waals surface area contributed by atoms with Crippen LogP contribution in [0.15, 0.2) is 89.1 Å². The highest BCUT2D eigenvalue weighted by molar-refractivity contribution is 6.19. The fourth-order valence-electron chi connectivity index (χ4n) is 7.73. The first-order chi connectivity index (χ1) is 24.5. The number of non-ortho nitro benzene ring substituents is 1. The maximum atomic E-state index is 13.8. The Kier molecular flexibility index (Phi) is 8.63. The lowest BCUT2D eigenvalue weighted by Crippen LogP contribution is -2.47. The van der Waals surface area contributed by atoms with Crippen LogP contribution in [0.1, 0.15) is 23.2 Å². The molecule has 4 heterocycles. The van der Waals surface area contributed by atoms with E-state index in [9.17, 15) is 14.9 Å². The molecule has 0 bridgehead atoms. The van der Waals surface area contributed by atoms with E-state index in [4.69, 9.17) is 9.72 Å². The zero-order valence-electron chi connectivity index (χ0n) is 28.0. The molecule has 1 fully saturated rings. The van der Waals surface area contributed by atoms with Crippen LogP contribution in [0.2, 0.25) is 0 Å². The van der Waals surface area contributed by atoms with Gasteiger partial charge in [-0.3, -0.25) is 19.9 Å². The molecule has 4 aromatic rings. The number of hydrogen-bond donors (Lipinski definition) is 2. The molecule has 3 aromatic carbocycles. The van der Waals surface area contributed by atoms with Gasteiger partial charge in [-0.15, -0.1) is 0 Å². The molecule has 1 aliphatic carbocycles. The first-order valence-corrected chi connectivity index (χ1v) is 17.4. The molecule has 12 nitrogen and oxygen atoms in total. The Balaban J connectivity index is 0.822. The predicted molar refractivity (Wildman–Crippen MR) is 197 cm³/mol. The number of nitro groups is 1. The average molecular weight is 673 g/mol. The van der Waals surface area contributed by atoms with Crippen LogP contribution >= 0.6 is 0 Å². The molecular weight excluding hydrogens is 632 g/mol. The number of allylic oxidation sites excluding steroid dienone is 1. The smallest absolute Gasteiger partial charge is 0.280 e. The number of para-hydroxylation sites is 1. The Morgan fingerprint density at radius 3 is 2.44 bits per heavy atom. The maximum absolute atomic E-state index is 13.8. The van der Waals surface area contributed by atoms with Crippen molar-refractivity contribution in [3.05, 3.63) is 99.8 Å². The van der Waals surface area contributed by atoms with Crippen molar-refractivity contribution >= 4 is 51.0 Å². The number of carbonyl (C=O) groups is 1. The number of pyridine rings is 1. The van der Waals surface area contributed by atoms with Crippen LogP contribution in [0.4, 0.5) is 17.1 Å². The van der Waals surface area contributed by atoms with Crippen LogP contribution in [-0.2, 0) is 0 Å². The second-order valence-corrected chi connectivity index (χ2v) is 13.2. The van der Waals surface area contributed by atoms with Crippen LogP contribution in [0.5, 0.6) is 5.75 Å². The average Bonchev–Trinajstić information content (AvgIpc) is 3.58. The molecule has 3 aliphatic heterocycles. The lowest BCUT2D eigenvalue weighted by atomic mass is 9.82. The van der Waals surface area contributed by atoms with E-state index in [-0.39, 0.29) is 28.5 Å². The summed E-state index contributed by atoms with van der Waals surface area (Å²) in [4.78, 5) is 41.8. The van der Waals surface area contributed by atoms with Crippen molar-refractivity contribution < 1.29 is 14.5 Å². The summed E-state index contributed by atoms with van der Waals surface area (Å²) < 4.78 is 5.41. The van der Waals surface area contributed by atoms with E-state index in [1.165, 1.54) is 0 Å². The highest BCUT2D eigenvalue weighted by Gasteiger charge is 2.45. The van der Waals surface area contributed by atoms with Gasteiger partial charge in [-0.2, -0.15) is 0 Å². The van der Waals surface area contributed by atoms with Crippen molar-refractivity contribution in [1.29, 1.82) is 0 Å². The van der Waals surface area contributed by atoms with Crippen molar-refractivity contribution in [3.63, 3.8) is 0 Å². The number of aliphatic imine (C=N–C) groups is 1. The molecule has 0 amide bonds. The van der Waals surface area contributed by atoms with Gasteiger partial charge in [0, 0.05) is 67.6 Å². The van der Waals surface area contributed by atoms with E-state index in [1.54, 1.807) is 19.2 Å². The number of Topliss-reactive ketones (excluding diaryl/α,β-unsaturated/α-hetero) is 1. The van der Waals surface area contributed by atoms with Gasteiger partial charge in [0.1, 0.15) is 11.1 Å². The van der Waals surface area contributed by atoms with Gasteiger partial charge in [0.05, 0.1) is 52.9 Å². The first kappa shape index (κ1) is 31.9. The van der Waals surface area contributed by atoms with Gasteiger partial charge in [-0.05, 0) is 62.3 Å². The molecule has 12 heteroatoms. The number of hydrogen-bond acceptors (Lipinski definition) is 11. The lowest BCUT2D eigenvalue weighted by Gasteiger charge is -2.37. The summed E-state index contributed by atoms with van der Waals surface area (Å²) in [6, 6.07) is 18.4. The van der Waals surface area contributed by atoms with Crippen molar-refractivity contribution in [2.75, 3.05) is 69.7 Å². The summed E-state index contributed by atoms with van der Waals surface area (Å²) >= 11 is 0. The Labute approximate surface area is 290 Å². The topological polar surface area (TPSA) is 128 Å². The zero-order valence-corrected chi connectivity index (χ0v) is 28.0. The molecule has 2 N–H and O–H groups in total. The monoisotopic (exact) mass is 672 g/mol. The molecule has 2 unspecified atom stereocenters. The molecular formula is C38H40N8O4. The number of nitrogens with zero attached hydrogens (tertiary/aromatic N) is 6. The standard InChI is InChI=1S/C38H40N8O4/c1-50-25-11-14-32-27(23-25)38(47)35-29(12-13-31-37(35)45(32)24-41-31)39-15-5-17-43-19-21-44(22-20-43)18-6-16-40-36-26-7-2-3-8-28(26)42-30-9-4-10-33(34(30)36)46(48)49/h2-4,7-14,23-24,31,37,39H,5-6,15-22H2,1H3,(H,40,42). The maximum Gasteiger partial charge on any atom is 0.280 e. The number of piperazine rings is 1. The van der Waals surface area contributed by atoms with Crippen LogP contribution in [-0.4, -0.2) is 103 Å². The van der Waals surface area contributed by atoms with Crippen LogP contribution in [0.3, 0.4) is 0 Å². The number of methoxy groups -OCH3 is 1. The number of anilines is 2. The Bertz CT molecular complexity index is 2070. The minimum atomic E-state index is -0.328. The molecule has 0 radical (unpaired) electrons. The van der Waals surface area contributed by atoms with Crippen molar-refractivity contribution in [2.45, 2.75) is 24.9 Å². The minimum absolute atomic E-state index is 0.0395. The second kappa shape index (κ2) is 13.5. The van der Waals surface area contributed by atoms with Crippen molar-refractivity contribution in [3.8, 4) is 5.75 Å². The van der Waals surface area contributed by atoms with Gasteiger partial charge in [0.15, 0.2) is 5.78 Å². The third-order valence-corrected chi connectivity index (χ3v) is 10.3. The number of nitrogens with one attached hydrogen (secondary N) is 2. The molecule has 1 aromatic heterocycles. The summed E-state index contributed by atoms with van der Waals surface area (Å²) in [5, 5.41) is 20.4. The molecule has 4 aliphatic rings.